The normalized spacial score (nSPS) is 10.9. The summed E-state index contributed by atoms with van der Waals surface area (Å²) in [5.41, 5.74) is 2.57. The van der Waals surface area contributed by atoms with Crippen LogP contribution in [-0.4, -0.2) is 4.98 Å². The number of thiazole rings is 1. The van der Waals surface area contributed by atoms with Crippen molar-refractivity contribution in [3.05, 3.63) is 45.4 Å². The Morgan fingerprint density at radius 2 is 1.89 bits per heavy atom. The van der Waals surface area contributed by atoms with Gasteiger partial charge in [-0.3, -0.25) is 0 Å². The Labute approximate surface area is 123 Å². The standard InChI is InChI=1S/C15H19ClN2S/c1-3-11(4-2)12-5-7-13(8-6-12)17-9-14-10-18-15(16)19-14/h5-8,10-11,17H,3-4,9H2,1-2H3. The summed E-state index contributed by atoms with van der Waals surface area (Å²) >= 11 is 7.32. The van der Waals surface area contributed by atoms with Gasteiger partial charge in [-0.1, -0.05) is 37.6 Å². The van der Waals surface area contributed by atoms with Crippen molar-refractivity contribution < 1.29 is 0 Å². The lowest BCUT2D eigenvalue weighted by atomic mass is 9.94. The maximum atomic E-state index is 5.81. The minimum atomic E-state index is 0.598. The molecule has 0 saturated carbocycles. The van der Waals surface area contributed by atoms with Gasteiger partial charge in [-0.15, -0.1) is 11.3 Å². The maximum Gasteiger partial charge on any atom is 0.183 e. The van der Waals surface area contributed by atoms with E-state index in [1.54, 1.807) is 0 Å². The second-order valence-corrected chi connectivity index (χ2v) is 6.27. The Hall–Kier alpha value is -1.06. The first kappa shape index (κ1) is 14.4. The molecule has 1 aromatic carbocycles. The van der Waals surface area contributed by atoms with Crippen molar-refractivity contribution >= 4 is 28.6 Å². The Kier molecular flexibility index (Phi) is 5.23. The molecule has 0 spiro atoms. The molecule has 19 heavy (non-hydrogen) atoms. The number of benzene rings is 1. The van der Waals surface area contributed by atoms with Gasteiger partial charge in [0.05, 0.1) is 6.54 Å². The van der Waals surface area contributed by atoms with Crippen molar-refractivity contribution in [2.75, 3.05) is 5.32 Å². The first-order chi connectivity index (χ1) is 9.22. The monoisotopic (exact) mass is 294 g/mol. The highest BCUT2D eigenvalue weighted by Gasteiger charge is 2.06. The fourth-order valence-corrected chi connectivity index (χ4v) is 3.11. The van der Waals surface area contributed by atoms with E-state index in [1.165, 1.54) is 29.7 Å². The van der Waals surface area contributed by atoms with Gasteiger partial charge < -0.3 is 5.32 Å². The molecule has 102 valence electrons. The van der Waals surface area contributed by atoms with E-state index in [0.717, 1.165) is 17.1 Å². The lowest BCUT2D eigenvalue weighted by Crippen LogP contribution is -1.99. The highest BCUT2D eigenvalue weighted by atomic mass is 35.5. The summed E-state index contributed by atoms with van der Waals surface area (Å²) in [6.07, 6.45) is 4.21. The topological polar surface area (TPSA) is 24.9 Å². The fourth-order valence-electron chi connectivity index (χ4n) is 2.19. The van der Waals surface area contributed by atoms with E-state index in [9.17, 15) is 0 Å². The van der Waals surface area contributed by atoms with Gasteiger partial charge in [-0.05, 0) is 36.5 Å². The van der Waals surface area contributed by atoms with Crippen LogP contribution in [0.5, 0.6) is 0 Å². The van der Waals surface area contributed by atoms with E-state index < -0.39 is 0 Å². The lowest BCUT2D eigenvalue weighted by Gasteiger charge is -2.13. The first-order valence-corrected chi connectivity index (χ1v) is 7.86. The average molecular weight is 295 g/mol. The largest absolute Gasteiger partial charge is 0.380 e. The quantitative estimate of drug-likeness (QED) is 0.780. The van der Waals surface area contributed by atoms with Crippen LogP contribution < -0.4 is 5.32 Å². The molecule has 0 radical (unpaired) electrons. The van der Waals surface area contributed by atoms with Gasteiger partial charge in [0.2, 0.25) is 0 Å². The molecule has 0 atom stereocenters. The van der Waals surface area contributed by atoms with Gasteiger partial charge >= 0.3 is 0 Å². The lowest BCUT2D eigenvalue weighted by molar-refractivity contribution is 0.642. The number of aromatic nitrogens is 1. The van der Waals surface area contributed by atoms with Gasteiger partial charge in [-0.2, -0.15) is 0 Å². The molecule has 0 aliphatic heterocycles. The second-order valence-electron chi connectivity index (χ2n) is 4.57. The van der Waals surface area contributed by atoms with Crippen LogP contribution in [0.25, 0.3) is 0 Å². The molecule has 1 N–H and O–H groups in total. The molecule has 0 amide bonds. The van der Waals surface area contributed by atoms with Crippen LogP contribution in [0, 0.1) is 0 Å². The number of hydrogen-bond donors (Lipinski definition) is 1. The van der Waals surface area contributed by atoms with E-state index in [4.69, 9.17) is 11.6 Å². The summed E-state index contributed by atoms with van der Waals surface area (Å²) in [6, 6.07) is 8.74. The SMILES string of the molecule is CCC(CC)c1ccc(NCc2cnc(Cl)s2)cc1. The van der Waals surface area contributed by atoms with E-state index in [2.05, 4.69) is 48.4 Å². The van der Waals surface area contributed by atoms with Crippen LogP contribution in [0.3, 0.4) is 0 Å². The molecular formula is C15H19ClN2S. The van der Waals surface area contributed by atoms with E-state index in [-0.39, 0.29) is 0 Å². The Morgan fingerprint density at radius 3 is 2.42 bits per heavy atom. The van der Waals surface area contributed by atoms with Crippen LogP contribution in [0.1, 0.15) is 43.0 Å². The first-order valence-electron chi connectivity index (χ1n) is 6.67. The fraction of sp³-hybridized carbons (Fsp3) is 0.400. The smallest absolute Gasteiger partial charge is 0.183 e. The third kappa shape index (κ3) is 3.95. The molecule has 2 aromatic rings. The minimum Gasteiger partial charge on any atom is -0.380 e. The predicted octanol–water partition coefficient (Wildman–Crippen LogP) is 5.31. The van der Waals surface area contributed by atoms with E-state index >= 15 is 0 Å². The molecule has 1 aromatic heterocycles. The van der Waals surface area contributed by atoms with Crippen LogP contribution in [0.4, 0.5) is 5.69 Å². The van der Waals surface area contributed by atoms with Crippen molar-refractivity contribution in [1.29, 1.82) is 0 Å². The van der Waals surface area contributed by atoms with Crippen molar-refractivity contribution in [1.82, 2.24) is 4.98 Å². The number of anilines is 1. The van der Waals surface area contributed by atoms with E-state index in [1.807, 2.05) is 6.20 Å². The number of nitrogens with zero attached hydrogens (tertiary/aromatic N) is 1. The van der Waals surface area contributed by atoms with Crippen LogP contribution in [0.15, 0.2) is 30.5 Å². The summed E-state index contributed by atoms with van der Waals surface area (Å²) in [5.74, 6) is 0.675. The molecule has 0 unspecified atom stereocenters. The van der Waals surface area contributed by atoms with E-state index in [0.29, 0.717) is 10.4 Å². The molecule has 0 aliphatic carbocycles. The molecule has 4 heteroatoms. The van der Waals surface area contributed by atoms with Crippen LogP contribution in [0.2, 0.25) is 4.47 Å². The number of rotatable bonds is 6. The molecule has 2 rings (SSSR count). The molecular weight excluding hydrogens is 276 g/mol. The zero-order valence-electron chi connectivity index (χ0n) is 11.3. The predicted molar refractivity (Wildman–Crippen MR) is 84.2 cm³/mol. The maximum absolute atomic E-state index is 5.81. The summed E-state index contributed by atoms with van der Waals surface area (Å²) in [5, 5.41) is 3.39. The molecule has 0 aliphatic rings. The highest BCUT2D eigenvalue weighted by molar-refractivity contribution is 7.15. The van der Waals surface area contributed by atoms with Gasteiger partial charge in [0.1, 0.15) is 0 Å². The number of hydrogen-bond acceptors (Lipinski definition) is 3. The highest BCUT2D eigenvalue weighted by Crippen LogP contribution is 2.24. The Bertz CT molecular complexity index is 503. The summed E-state index contributed by atoms with van der Waals surface area (Å²) in [4.78, 5) is 5.18. The third-order valence-electron chi connectivity index (χ3n) is 3.36. The van der Waals surface area contributed by atoms with Gasteiger partial charge in [-0.25, -0.2) is 4.98 Å². The Balaban J connectivity index is 1.95. The van der Waals surface area contributed by atoms with Crippen molar-refractivity contribution in [2.45, 2.75) is 39.2 Å². The van der Waals surface area contributed by atoms with Crippen molar-refractivity contribution in [3.8, 4) is 0 Å². The van der Waals surface area contributed by atoms with Gasteiger partial charge in [0, 0.05) is 16.8 Å². The molecule has 0 bridgehead atoms. The van der Waals surface area contributed by atoms with Crippen molar-refractivity contribution in [2.24, 2.45) is 0 Å². The van der Waals surface area contributed by atoms with Crippen LogP contribution in [-0.2, 0) is 6.54 Å². The van der Waals surface area contributed by atoms with Crippen molar-refractivity contribution in [3.63, 3.8) is 0 Å². The zero-order chi connectivity index (χ0) is 13.7. The summed E-state index contributed by atoms with van der Waals surface area (Å²) < 4.78 is 0.598. The summed E-state index contributed by atoms with van der Waals surface area (Å²) in [6.45, 7) is 5.26. The molecule has 0 fully saturated rings. The van der Waals surface area contributed by atoms with Gasteiger partial charge in [0.15, 0.2) is 4.47 Å². The second kappa shape index (κ2) is 6.92. The third-order valence-corrected chi connectivity index (χ3v) is 4.47. The van der Waals surface area contributed by atoms with Gasteiger partial charge in [0.25, 0.3) is 0 Å². The zero-order valence-corrected chi connectivity index (χ0v) is 12.9. The number of nitrogens with one attached hydrogen (secondary N) is 1. The summed E-state index contributed by atoms with van der Waals surface area (Å²) in [7, 11) is 0. The molecule has 0 saturated heterocycles. The molecule has 1 heterocycles. The average Bonchev–Trinajstić information content (AvgIpc) is 2.85. The molecule has 2 nitrogen and oxygen atoms in total. The van der Waals surface area contributed by atoms with Crippen LogP contribution >= 0.6 is 22.9 Å². The Morgan fingerprint density at radius 1 is 1.21 bits per heavy atom. The minimum absolute atomic E-state index is 0.598. The number of halogens is 1.